The summed E-state index contributed by atoms with van der Waals surface area (Å²) in [6.45, 7) is 5.25. The molecule has 6 nitrogen and oxygen atoms in total. The molecule has 9 heteroatoms. The van der Waals surface area contributed by atoms with Crippen molar-refractivity contribution >= 4 is 39.8 Å². The Labute approximate surface area is 184 Å². The predicted molar refractivity (Wildman–Crippen MR) is 121 cm³/mol. The van der Waals surface area contributed by atoms with Gasteiger partial charge in [-0.3, -0.25) is 4.99 Å². The Hall–Kier alpha value is -0.940. The molecule has 160 valence electrons. The summed E-state index contributed by atoms with van der Waals surface area (Å²) in [7, 11) is -1.75. The van der Waals surface area contributed by atoms with Crippen LogP contribution in [0.5, 0.6) is 0 Å². The minimum absolute atomic E-state index is 0. The molecule has 28 heavy (non-hydrogen) atoms. The van der Waals surface area contributed by atoms with Crippen molar-refractivity contribution in [3.8, 4) is 0 Å². The molecule has 0 spiro atoms. The van der Waals surface area contributed by atoms with Crippen molar-refractivity contribution in [3.05, 3.63) is 30.1 Å². The molecule has 1 N–H and O–H groups in total. The average Bonchev–Trinajstić information content (AvgIpc) is 2.66. The van der Waals surface area contributed by atoms with E-state index in [4.69, 9.17) is 4.74 Å². The monoisotopic (exact) mass is 527 g/mol. The lowest BCUT2D eigenvalue weighted by Gasteiger charge is -2.26. The highest BCUT2D eigenvalue weighted by Crippen LogP contribution is 2.18. The zero-order valence-corrected chi connectivity index (χ0v) is 19.7. The highest BCUT2D eigenvalue weighted by molar-refractivity contribution is 14.0. The number of hydrogen-bond acceptors (Lipinski definition) is 4. The first-order valence-electron chi connectivity index (χ1n) is 9.48. The van der Waals surface area contributed by atoms with Gasteiger partial charge < -0.3 is 15.0 Å². The van der Waals surface area contributed by atoms with E-state index in [0.717, 1.165) is 45.1 Å². The lowest BCUT2D eigenvalue weighted by molar-refractivity contribution is 0.0625. The van der Waals surface area contributed by atoms with Gasteiger partial charge in [-0.05, 0) is 44.2 Å². The van der Waals surface area contributed by atoms with Gasteiger partial charge in [-0.25, -0.2) is 12.8 Å². The lowest BCUT2D eigenvalue weighted by Crippen LogP contribution is -2.40. The molecule has 0 radical (unpaired) electrons. The van der Waals surface area contributed by atoms with E-state index in [1.54, 1.807) is 0 Å². The minimum Gasteiger partial charge on any atom is -0.381 e. The van der Waals surface area contributed by atoms with Crippen LogP contribution >= 0.6 is 24.0 Å². The fraction of sp³-hybridized carbons (Fsp3) is 0.632. The number of nitrogens with one attached hydrogen (secondary N) is 1. The Morgan fingerprint density at radius 1 is 1.32 bits per heavy atom. The molecule has 1 aliphatic heterocycles. The van der Waals surface area contributed by atoms with E-state index in [-0.39, 0.29) is 41.2 Å². The summed E-state index contributed by atoms with van der Waals surface area (Å²) in [5.41, 5.74) is 0. The maximum Gasteiger partial charge on any atom is 0.193 e. The van der Waals surface area contributed by atoms with Crippen molar-refractivity contribution in [2.75, 3.05) is 45.6 Å². The molecule has 0 saturated carbocycles. The molecule has 0 bridgehead atoms. The summed E-state index contributed by atoms with van der Waals surface area (Å²) in [6, 6.07) is 5.44. The quantitative estimate of drug-likeness (QED) is 0.320. The third-order valence-corrected chi connectivity index (χ3v) is 6.42. The molecule has 0 unspecified atom stereocenters. The molecule has 0 amide bonds. The van der Waals surface area contributed by atoms with Crippen LogP contribution in [0.1, 0.15) is 26.2 Å². The third kappa shape index (κ3) is 7.82. The van der Waals surface area contributed by atoms with Gasteiger partial charge in [-0.2, -0.15) is 0 Å². The van der Waals surface area contributed by atoms with Crippen molar-refractivity contribution in [2.45, 2.75) is 31.1 Å². The smallest absolute Gasteiger partial charge is 0.193 e. The molecule has 1 fully saturated rings. The van der Waals surface area contributed by atoms with Gasteiger partial charge in [0, 0.05) is 33.4 Å². The highest BCUT2D eigenvalue weighted by atomic mass is 127. The van der Waals surface area contributed by atoms with Crippen molar-refractivity contribution < 1.29 is 17.5 Å². The van der Waals surface area contributed by atoms with Gasteiger partial charge >= 0.3 is 0 Å². The van der Waals surface area contributed by atoms with E-state index in [1.807, 2.05) is 18.9 Å². The standard InChI is InChI=1S/C19H30FN3O3S.HI/c1-3-21-19(23(2)12-8-16-9-13-26-14-10-16)22-11-15-27(24,25)18-7-5-4-6-17(18)20;/h4-7,16H,3,8-15H2,1-2H3,(H,21,22);1H. The molecular formula is C19H31FIN3O3S. The number of benzene rings is 1. The van der Waals surface area contributed by atoms with Crippen LogP contribution in [-0.2, 0) is 14.6 Å². The number of ether oxygens (including phenoxy) is 1. The van der Waals surface area contributed by atoms with Gasteiger partial charge in [0.25, 0.3) is 0 Å². The molecule has 1 saturated heterocycles. The molecule has 1 aliphatic rings. The fourth-order valence-corrected chi connectivity index (χ4v) is 4.27. The molecule has 2 rings (SSSR count). The number of nitrogens with zero attached hydrogens (tertiary/aromatic N) is 2. The summed E-state index contributed by atoms with van der Waals surface area (Å²) in [5.74, 6) is 0.386. The van der Waals surface area contributed by atoms with Crippen LogP contribution in [-0.4, -0.2) is 64.9 Å². The first kappa shape index (κ1) is 25.1. The molecule has 0 aliphatic carbocycles. The summed E-state index contributed by atoms with van der Waals surface area (Å²) >= 11 is 0. The van der Waals surface area contributed by atoms with E-state index in [2.05, 4.69) is 10.3 Å². The van der Waals surface area contributed by atoms with E-state index >= 15 is 0 Å². The SMILES string of the molecule is CCNC(=NCCS(=O)(=O)c1ccccc1F)N(C)CCC1CCOCC1.I. The summed E-state index contributed by atoms with van der Waals surface area (Å²) in [5, 5.41) is 3.19. The van der Waals surface area contributed by atoms with Crippen LogP contribution in [0.3, 0.4) is 0 Å². The van der Waals surface area contributed by atoms with Crippen LogP contribution in [0.25, 0.3) is 0 Å². The van der Waals surface area contributed by atoms with Crippen molar-refractivity contribution in [3.63, 3.8) is 0 Å². The molecule has 0 aromatic heterocycles. The Kier molecular flexibility index (Phi) is 11.3. The van der Waals surface area contributed by atoms with Crippen LogP contribution in [0.4, 0.5) is 4.39 Å². The number of aliphatic imine (C=N–C) groups is 1. The van der Waals surface area contributed by atoms with Gasteiger partial charge in [-0.1, -0.05) is 12.1 Å². The summed E-state index contributed by atoms with van der Waals surface area (Å²) in [6.07, 6.45) is 3.22. The zero-order chi connectivity index (χ0) is 19.7. The molecule has 1 aromatic carbocycles. The number of hydrogen-bond donors (Lipinski definition) is 1. The van der Waals surface area contributed by atoms with E-state index < -0.39 is 15.7 Å². The maximum atomic E-state index is 13.8. The number of halogens is 2. The predicted octanol–water partition coefficient (Wildman–Crippen LogP) is 2.93. The van der Waals surface area contributed by atoms with Crippen LogP contribution in [0, 0.1) is 11.7 Å². The van der Waals surface area contributed by atoms with Crippen LogP contribution in [0.15, 0.2) is 34.2 Å². The first-order chi connectivity index (χ1) is 12.9. The van der Waals surface area contributed by atoms with Crippen LogP contribution < -0.4 is 5.32 Å². The Morgan fingerprint density at radius 3 is 2.64 bits per heavy atom. The average molecular weight is 527 g/mol. The largest absolute Gasteiger partial charge is 0.381 e. The summed E-state index contributed by atoms with van der Waals surface area (Å²) < 4.78 is 43.8. The number of rotatable bonds is 8. The molecule has 0 atom stereocenters. The van der Waals surface area contributed by atoms with E-state index in [0.29, 0.717) is 18.4 Å². The van der Waals surface area contributed by atoms with Gasteiger partial charge in [0.05, 0.1) is 12.3 Å². The maximum absolute atomic E-state index is 13.8. The van der Waals surface area contributed by atoms with Crippen molar-refractivity contribution in [1.29, 1.82) is 0 Å². The highest BCUT2D eigenvalue weighted by Gasteiger charge is 2.19. The number of sulfone groups is 1. The second-order valence-corrected chi connectivity index (χ2v) is 8.83. The summed E-state index contributed by atoms with van der Waals surface area (Å²) in [4.78, 5) is 6.18. The lowest BCUT2D eigenvalue weighted by atomic mass is 9.96. The zero-order valence-electron chi connectivity index (χ0n) is 16.6. The van der Waals surface area contributed by atoms with Gasteiger partial charge in [0.1, 0.15) is 10.7 Å². The topological polar surface area (TPSA) is 71.0 Å². The molecule has 1 heterocycles. The second-order valence-electron chi connectivity index (χ2n) is 6.75. The Balaban J connectivity index is 0.00000392. The third-order valence-electron chi connectivity index (χ3n) is 4.70. The van der Waals surface area contributed by atoms with Gasteiger partial charge in [0.15, 0.2) is 15.8 Å². The van der Waals surface area contributed by atoms with Gasteiger partial charge in [0.2, 0.25) is 0 Å². The van der Waals surface area contributed by atoms with Crippen molar-refractivity contribution in [1.82, 2.24) is 10.2 Å². The molecular weight excluding hydrogens is 496 g/mol. The first-order valence-corrected chi connectivity index (χ1v) is 11.1. The molecule has 1 aromatic rings. The second kappa shape index (κ2) is 12.6. The van der Waals surface area contributed by atoms with Crippen molar-refractivity contribution in [2.24, 2.45) is 10.9 Å². The van der Waals surface area contributed by atoms with E-state index in [1.165, 1.54) is 18.2 Å². The van der Waals surface area contributed by atoms with Gasteiger partial charge in [-0.15, -0.1) is 24.0 Å². The Morgan fingerprint density at radius 2 is 2.00 bits per heavy atom. The Bertz CT molecular complexity index is 725. The van der Waals surface area contributed by atoms with Crippen LogP contribution in [0.2, 0.25) is 0 Å². The van der Waals surface area contributed by atoms with E-state index in [9.17, 15) is 12.8 Å². The minimum atomic E-state index is -3.70. The number of guanidine groups is 1. The fourth-order valence-electron chi connectivity index (χ4n) is 3.07. The normalized spacial score (nSPS) is 15.8.